The van der Waals surface area contributed by atoms with Crippen molar-refractivity contribution in [2.75, 3.05) is 6.61 Å². The summed E-state index contributed by atoms with van der Waals surface area (Å²) < 4.78 is 23.4. The van der Waals surface area contributed by atoms with E-state index in [1.807, 2.05) is 18.2 Å². The molecule has 0 radical (unpaired) electrons. The van der Waals surface area contributed by atoms with Gasteiger partial charge in [0.25, 0.3) is 0 Å². The van der Waals surface area contributed by atoms with E-state index in [0.717, 1.165) is 17.7 Å². The maximum Gasteiger partial charge on any atom is 0.344 e. The third-order valence-corrected chi connectivity index (χ3v) is 2.72. The average molecular weight is 305 g/mol. The highest BCUT2D eigenvalue weighted by molar-refractivity contribution is 5.71. The van der Waals surface area contributed by atoms with Crippen molar-refractivity contribution in [3.8, 4) is 5.75 Å². The summed E-state index contributed by atoms with van der Waals surface area (Å²) in [6.45, 7) is -0.304. The first-order chi connectivity index (χ1) is 10.6. The average Bonchev–Trinajstić information content (AvgIpc) is 2.51. The van der Waals surface area contributed by atoms with Gasteiger partial charge < -0.3 is 9.47 Å². The molecular formula is C15H12FNO5. The number of esters is 1. The monoisotopic (exact) mass is 305 g/mol. The third-order valence-electron chi connectivity index (χ3n) is 2.72. The van der Waals surface area contributed by atoms with Crippen LogP contribution < -0.4 is 4.74 Å². The van der Waals surface area contributed by atoms with Crippen molar-refractivity contribution in [1.82, 2.24) is 0 Å². The van der Waals surface area contributed by atoms with Gasteiger partial charge in [-0.05, 0) is 11.6 Å². The smallest absolute Gasteiger partial charge is 0.344 e. The normalized spacial score (nSPS) is 10.0. The van der Waals surface area contributed by atoms with Gasteiger partial charge in [0.05, 0.1) is 4.92 Å². The molecule has 0 fully saturated rings. The van der Waals surface area contributed by atoms with E-state index < -0.39 is 29.0 Å². The molecule has 0 aliphatic carbocycles. The quantitative estimate of drug-likeness (QED) is 0.466. The Morgan fingerprint density at radius 3 is 2.55 bits per heavy atom. The van der Waals surface area contributed by atoms with Gasteiger partial charge >= 0.3 is 11.7 Å². The van der Waals surface area contributed by atoms with Gasteiger partial charge in [-0.1, -0.05) is 30.3 Å². The second-order valence-electron chi connectivity index (χ2n) is 4.31. The second kappa shape index (κ2) is 7.16. The van der Waals surface area contributed by atoms with Gasteiger partial charge in [-0.15, -0.1) is 0 Å². The lowest BCUT2D eigenvalue weighted by atomic mass is 10.2. The molecule has 0 aromatic heterocycles. The minimum Gasteiger partial charge on any atom is -0.482 e. The number of nitrogens with zero attached hydrogens (tertiary/aromatic N) is 1. The van der Waals surface area contributed by atoms with Crippen LogP contribution in [0, 0.1) is 15.9 Å². The molecule has 0 aliphatic rings. The van der Waals surface area contributed by atoms with Crippen molar-refractivity contribution in [2.45, 2.75) is 6.61 Å². The molecule has 2 rings (SSSR count). The first-order valence-corrected chi connectivity index (χ1v) is 6.32. The van der Waals surface area contributed by atoms with Crippen molar-refractivity contribution >= 4 is 11.7 Å². The lowest BCUT2D eigenvalue weighted by Crippen LogP contribution is -2.14. The number of nitro benzene ring substituents is 1. The van der Waals surface area contributed by atoms with Crippen LogP contribution in [0.3, 0.4) is 0 Å². The van der Waals surface area contributed by atoms with Crippen molar-refractivity contribution in [3.05, 3.63) is 70.0 Å². The fourth-order valence-corrected chi connectivity index (χ4v) is 1.65. The zero-order chi connectivity index (χ0) is 15.9. The van der Waals surface area contributed by atoms with Crippen LogP contribution in [0.1, 0.15) is 5.56 Å². The minimum atomic E-state index is -1.03. The minimum absolute atomic E-state index is 0.0137. The molecule has 0 saturated carbocycles. The first kappa shape index (κ1) is 15.4. The maximum atomic E-state index is 13.4. The van der Waals surface area contributed by atoms with E-state index in [1.54, 1.807) is 12.1 Å². The lowest BCUT2D eigenvalue weighted by Gasteiger charge is -2.07. The Morgan fingerprint density at radius 1 is 1.18 bits per heavy atom. The molecular weight excluding hydrogens is 293 g/mol. The van der Waals surface area contributed by atoms with Crippen LogP contribution in [-0.2, 0) is 16.1 Å². The van der Waals surface area contributed by atoms with Gasteiger partial charge in [-0.25, -0.2) is 4.79 Å². The summed E-state index contributed by atoms with van der Waals surface area (Å²) in [5.74, 6) is -1.64. The molecule has 114 valence electrons. The molecule has 0 saturated heterocycles. The SMILES string of the molecule is O=C(COc1ccc([N+](=O)[O-])c(F)c1)OCc1ccccc1. The van der Waals surface area contributed by atoms with Crippen LogP contribution in [0.5, 0.6) is 5.75 Å². The van der Waals surface area contributed by atoms with Crippen LogP contribution in [-0.4, -0.2) is 17.5 Å². The Labute approximate surface area is 125 Å². The summed E-state index contributed by atoms with van der Waals surface area (Å²) in [5, 5.41) is 10.5. The number of carbonyl (C=O) groups excluding carboxylic acids is 1. The van der Waals surface area contributed by atoms with E-state index in [4.69, 9.17) is 9.47 Å². The fraction of sp³-hybridized carbons (Fsp3) is 0.133. The summed E-state index contributed by atoms with van der Waals surface area (Å²) in [7, 11) is 0. The fourth-order valence-electron chi connectivity index (χ4n) is 1.65. The second-order valence-corrected chi connectivity index (χ2v) is 4.31. The highest BCUT2D eigenvalue weighted by Gasteiger charge is 2.15. The van der Waals surface area contributed by atoms with Crippen molar-refractivity contribution < 1.29 is 23.6 Å². The number of hydrogen-bond donors (Lipinski definition) is 0. The standard InChI is InChI=1S/C15H12FNO5/c16-13-8-12(6-7-14(13)17(19)20)21-10-15(18)22-9-11-4-2-1-3-5-11/h1-8H,9-10H2. The highest BCUT2D eigenvalue weighted by Crippen LogP contribution is 2.22. The summed E-state index contributed by atoms with van der Waals surface area (Å²) in [4.78, 5) is 21.1. The van der Waals surface area contributed by atoms with E-state index in [9.17, 15) is 19.3 Å². The Bertz CT molecular complexity index is 675. The molecule has 0 N–H and O–H groups in total. The molecule has 0 spiro atoms. The van der Waals surface area contributed by atoms with E-state index in [2.05, 4.69) is 0 Å². The molecule has 2 aromatic carbocycles. The molecule has 2 aromatic rings. The number of carbonyl (C=O) groups is 1. The zero-order valence-electron chi connectivity index (χ0n) is 11.4. The molecule has 22 heavy (non-hydrogen) atoms. The third kappa shape index (κ3) is 4.27. The largest absolute Gasteiger partial charge is 0.482 e. The Morgan fingerprint density at radius 2 is 1.91 bits per heavy atom. The molecule has 0 amide bonds. The number of nitro groups is 1. The summed E-state index contributed by atoms with van der Waals surface area (Å²) >= 11 is 0. The van der Waals surface area contributed by atoms with Gasteiger partial charge in [0.15, 0.2) is 6.61 Å². The summed E-state index contributed by atoms with van der Waals surface area (Å²) in [6.07, 6.45) is 0. The maximum absolute atomic E-state index is 13.4. The molecule has 0 heterocycles. The van der Waals surface area contributed by atoms with E-state index in [-0.39, 0.29) is 12.4 Å². The first-order valence-electron chi connectivity index (χ1n) is 6.32. The van der Waals surface area contributed by atoms with E-state index >= 15 is 0 Å². The molecule has 0 unspecified atom stereocenters. The van der Waals surface area contributed by atoms with Gasteiger partial charge in [-0.3, -0.25) is 10.1 Å². The van der Waals surface area contributed by atoms with Gasteiger partial charge in [0.1, 0.15) is 12.4 Å². The predicted molar refractivity (Wildman–Crippen MR) is 74.8 cm³/mol. The number of benzene rings is 2. The molecule has 7 heteroatoms. The highest BCUT2D eigenvalue weighted by atomic mass is 19.1. The summed E-state index contributed by atoms with van der Waals surface area (Å²) in [6, 6.07) is 12.1. The van der Waals surface area contributed by atoms with Gasteiger partial charge in [0.2, 0.25) is 5.82 Å². The van der Waals surface area contributed by atoms with Crippen LogP contribution in [0.2, 0.25) is 0 Å². The molecule has 6 nitrogen and oxygen atoms in total. The Balaban J connectivity index is 1.83. The molecule has 0 bridgehead atoms. The number of hydrogen-bond acceptors (Lipinski definition) is 5. The Kier molecular flexibility index (Phi) is 5.02. The summed E-state index contributed by atoms with van der Waals surface area (Å²) in [5.41, 5.74) is 0.177. The van der Waals surface area contributed by atoms with Crippen LogP contribution in [0.25, 0.3) is 0 Å². The predicted octanol–water partition coefficient (Wildman–Crippen LogP) is 2.86. The zero-order valence-corrected chi connectivity index (χ0v) is 11.4. The number of ether oxygens (including phenoxy) is 2. The van der Waals surface area contributed by atoms with Gasteiger partial charge in [0, 0.05) is 12.1 Å². The van der Waals surface area contributed by atoms with Crippen LogP contribution in [0.4, 0.5) is 10.1 Å². The van der Waals surface area contributed by atoms with Crippen molar-refractivity contribution in [2.24, 2.45) is 0 Å². The van der Waals surface area contributed by atoms with Crippen LogP contribution >= 0.6 is 0 Å². The van der Waals surface area contributed by atoms with E-state index in [0.29, 0.717) is 0 Å². The molecule has 0 atom stereocenters. The molecule has 0 aliphatic heterocycles. The Hall–Kier alpha value is -2.96. The van der Waals surface area contributed by atoms with E-state index in [1.165, 1.54) is 6.07 Å². The number of halogens is 1. The van der Waals surface area contributed by atoms with Crippen LogP contribution in [0.15, 0.2) is 48.5 Å². The van der Waals surface area contributed by atoms with Crippen molar-refractivity contribution in [3.63, 3.8) is 0 Å². The number of rotatable bonds is 6. The van der Waals surface area contributed by atoms with Gasteiger partial charge in [-0.2, -0.15) is 4.39 Å². The topological polar surface area (TPSA) is 78.7 Å². The van der Waals surface area contributed by atoms with Crippen molar-refractivity contribution in [1.29, 1.82) is 0 Å². The lowest BCUT2D eigenvalue weighted by molar-refractivity contribution is -0.387.